The van der Waals surface area contributed by atoms with Crippen LogP contribution in [0.25, 0.3) is 10.8 Å². The van der Waals surface area contributed by atoms with Gasteiger partial charge >= 0.3 is 6.03 Å². The number of hydrogen-bond donors (Lipinski definition) is 1. The van der Waals surface area contributed by atoms with Gasteiger partial charge in [0, 0.05) is 6.04 Å². The number of rotatable bonds is 6. The van der Waals surface area contributed by atoms with E-state index in [2.05, 4.69) is 0 Å². The molecular formula is C21H24N2O4. The molecule has 3 amide bonds. The summed E-state index contributed by atoms with van der Waals surface area (Å²) in [5, 5.41) is 12.5. The second kappa shape index (κ2) is 7.56. The lowest BCUT2D eigenvalue weighted by Crippen LogP contribution is -2.42. The molecule has 2 aromatic carbocycles. The lowest BCUT2D eigenvalue weighted by molar-refractivity contribution is -0.126. The Morgan fingerprint density at radius 2 is 1.81 bits per heavy atom. The van der Waals surface area contributed by atoms with Crippen LogP contribution < -0.4 is 4.74 Å². The van der Waals surface area contributed by atoms with Gasteiger partial charge in [-0.3, -0.25) is 9.69 Å². The molecule has 142 valence electrons. The third-order valence-electron chi connectivity index (χ3n) is 5.41. The number of imide groups is 1. The van der Waals surface area contributed by atoms with Crippen LogP contribution in [0.1, 0.15) is 25.7 Å². The Morgan fingerprint density at radius 1 is 1.07 bits per heavy atom. The molecule has 1 heterocycles. The van der Waals surface area contributed by atoms with Crippen molar-refractivity contribution in [3.8, 4) is 5.75 Å². The van der Waals surface area contributed by atoms with Crippen LogP contribution in [-0.2, 0) is 4.79 Å². The molecule has 2 fully saturated rings. The first-order chi connectivity index (χ1) is 13.1. The quantitative estimate of drug-likeness (QED) is 0.796. The molecule has 1 atom stereocenters. The van der Waals surface area contributed by atoms with Crippen molar-refractivity contribution >= 4 is 22.7 Å². The van der Waals surface area contributed by atoms with Crippen molar-refractivity contribution in [1.29, 1.82) is 0 Å². The fraction of sp³-hybridized carbons (Fsp3) is 0.429. The smallest absolute Gasteiger partial charge is 0.327 e. The van der Waals surface area contributed by atoms with Gasteiger partial charge in [-0.2, -0.15) is 0 Å². The minimum atomic E-state index is -0.923. The van der Waals surface area contributed by atoms with Crippen molar-refractivity contribution in [2.24, 2.45) is 0 Å². The molecule has 1 unspecified atom stereocenters. The average Bonchev–Trinajstić information content (AvgIpc) is 3.30. The predicted octanol–water partition coefficient (Wildman–Crippen LogP) is 2.79. The summed E-state index contributed by atoms with van der Waals surface area (Å²) >= 11 is 0. The summed E-state index contributed by atoms with van der Waals surface area (Å²) in [5.74, 6) is 0.413. The highest BCUT2D eigenvalue weighted by molar-refractivity contribution is 6.02. The van der Waals surface area contributed by atoms with Crippen LogP contribution in [0, 0.1) is 0 Å². The number of aliphatic hydroxyl groups is 1. The van der Waals surface area contributed by atoms with Gasteiger partial charge in [-0.25, -0.2) is 4.79 Å². The van der Waals surface area contributed by atoms with E-state index in [-0.39, 0.29) is 37.7 Å². The van der Waals surface area contributed by atoms with Gasteiger partial charge < -0.3 is 14.7 Å². The summed E-state index contributed by atoms with van der Waals surface area (Å²) in [6.45, 7) is 0.120. The number of amides is 3. The van der Waals surface area contributed by atoms with E-state index in [1.54, 1.807) is 4.90 Å². The van der Waals surface area contributed by atoms with Crippen molar-refractivity contribution in [3.63, 3.8) is 0 Å². The van der Waals surface area contributed by atoms with Gasteiger partial charge in [0.05, 0.1) is 6.54 Å². The van der Waals surface area contributed by atoms with Crippen LogP contribution in [0.2, 0.25) is 0 Å². The lowest BCUT2D eigenvalue weighted by atomic mass is 10.1. The Morgan fingerprint density at radius 3 is 2.59 bits per heavy atom. The van der Waals surface area contributed by atoms with Gasteiger partial charge in [0.15, 0.2) is 0 Å². The van der Waals surface area contributed by atoms with E-state index < -0.39 is 6.10 Å². The number of ether oxygens (including phenoxy) is 1. The van der Waals surface area contributed by atoms with Gasteiger partial charge in [-0.1, -0.05) is 43.2 Å². The summed E-state index contributed by atoms with van der Waals surface area (Å²) in [7, 11) is 0. The molecule has 4 rings (SSSR count). The Kier molecular flexibility index (Phi) is 4.99. The average molecular weight is 368 g/mol. The number of hydrogen-bond acceptors (Lipinski definition) is 4. The SMILES string of the molecule is O=C1CN(C2CCCC2)C(=O)N1CC(O)COc1ccc2ccccc2c1. The van der Waals surface area contributed by atoms with Gasteiger partial charge in [-0.05, 0) is 35.7 Å². The lowest BCUT2D eigenvalue weighted by Gasteiger charge is -2.24. The number of aliphatic hydroxyl groups excluding tert-OH is 1. The van der Waals surface area contributed by atoms with E-state index in [9.17, 15) is 14.7 Å². The third-order valence-corrected chi connectivity index (χ3v) is 5.41. The number of fused-ring (bicyclic) bond motifs is 1. The van der Waals surface area contributed by atoms with Gasteiger partial charge in [0.25, 0.3) is 0 Å². The molecule has 2 aliphatic rings. The van der Waals surface area contributed by atoms with E-state index in [1.807, 2.05) is 42.5 Å². The Balaban J connectivity index is 1.33. The van der Waals surface area contributed by atoms with E-state index in [4.69, 9.17) is 4.74 Å². The molecule has 0 aromatic heterocycles. The highest BCUT2D eigenvalue weighted by Crippen LogP contribution is 2.27. The summed E-state index contributed by atoms with van der Waals surface area (Å²) in [4.78, 5) is 27.6. The first-order valence-electron chi connectivity index (χ1n) is 9.52. The topological polar surface area (TPSA) is 70.1 Å². The molecule has 27 heavy (non-hydrogen) atoms. The van der Waals surface area contributed by atoms with E-state index in [0.717, 1.165) is 41.4 Å². The monoisotopic (exact) mass is 368 g/mol. The molecule has 0 bridgehead atoms. The zero-order chi connectivity index (χ0) is 18.8. The number of benzene rings is 2. The zero-order valence-electron chi connectivity index (χ0n) is 15.2. The Hall–Kier alpha value is -2.60. The largest absolute Gasteiger partial charge is 0.491 e. The molecule has 0 radical (unpaired) electrons. The van der Waals surface area contributed by atoms with Crippen LogP contribution in [-0.4, -0.2) is 58.7 Å². The highest BCUT2D eigenvalue weighted by Gasteiger charge is 2.41. The fourth-order valence-electron chi connectivity index (χ4n) is 3.95. The molecule has 6 heteroatoms. The maximum absolute atomic E-state index is 12.5. The summed E-state index contributed by atoms with van der Waals surface area (Å²) < 4.78 is 5.67. The van der Waals surface area contributed by atoms with Crippen molar-refractivity contribution in [3.05, 3.63) is 42.5 Å². The van der Waals surface area contributed by atoms with Crippen LogP contribution in [0.4, 0.5) is 4.79 Å². The Bertz CT molecular complexity index is 847. The van der Waals surface area contributed by atoms with Crippen LogP contribution in [0.5, 0.6) is 5.75 Å². The van der Waals surface area contributed by atoms with Crippen molar-refractivity contribution in [2.45, 2.75) is 37.8 Å². The second-order valence-corrected chi connectivity index (χ2v) is 7.33. The van der Waals surface area contributed by atoms with Gasteiger partial charge in [0.1, 0.15) is 25.0 Å². The molecule has 1 aliphatic heterocycles. The van der Waals surface area contributed by atoms with Crippen LogP contribution in [0.3, 0.4) is 0 Å². The normalized spacial score (nSPS) is 19.3. The first kappa shape index (κ1) is 17.8. The number of nitrogens with zero attached hydrogens (tertiary/aromatic N) is 2. The maximum atomic E-state index is 12.5. The second-order valence-electron chi connectivity index (χ2n) is 7.33. The van der Waals surface area contributed by atoms with Crippen LogP contribution >= 0.6 is 0 Å². The summed E-state index contributed by atoms with van der Waals surface area (Å²) in [6, 6.07) is 13.6. The zero-order valence-corrected chi connectivity index (χ0v) is 15.2. The third kappa shape index (κ3) is 3.76. The summed E-state index contributed by atoms with van der Waals surface area (Å²) in [5.41, 5.74) is 0. The number of urea groups is 1. The van der Waals surface area contributed by atoms with E-state index in [1.165, 1.54) is 0 Å². The van der Waals surface area contributed by atoms with Gasteiger partial charge in [0.2, 0.25) is 5.91 Å². The van der Waals surface area contributed by atoms with E-state index in [0.29, 0.717) is 5.75 Å². The molecule has 0 spiro atoms. The highest BCUT2D eigenvalue weighted by atomic mass is 16.5. The molecule has 1 aliphatic carbocycles. The molecule has 1 N–H and O–H groups in total. The first-order valence-corrected chi connectivity index (χ1v) is 9.52. The molecule has 6 nitrogen and oxygen atoms in total. The summed E-state index contributed by atoms with van der Waals surface area (Å²) in [6.07, 6.45) is 3.20. The van der Waals surface area contributed by atoms with E-state index >= 15 is 0 Å². The van der Waals surface area contributed by atoms with Crippen molar-refractivity contribution in [2.75, 3.05) is 19.7 Å². The maximum Gasteiger partial charge on any atom is 0.327 e. The Labute approximate surface area is 158 Å². The van der Waals surface area contributed by atoms with Crippen molar-refractivity contribution < 1.29 is 19.4 Å². The standard InChI is InChI=1S/C21H24N2O4/c24-18(14-27-19-10-9-15-5-1-2-6-16(15)11-19)12-23-20(25)13-22(21(23)26)17-7-3-4-8-17/h1-2,5-6,9-11,17-18,24H,3-4,7-8,12-14H2. The minimum absolute atomic E-state index is 0.0266. The van der Waals surface area contributed by atoms with Crippen LogP contribution in [0.15, 0.2) is 42.5 Å². The number of carbonyl (C=O) groups excluding carboxylic acids is 2. The van der Waals surface area contributed by atoms with Gasteiger partial charge in [-0.15, -0.1) is 0 Å². The minimum Gasteiger partial charge on any atom is -0.491 e. The molecule has 1 saturated carbocycles. The van der Waals surface area contributed by atoms with Crippen molar-refractivity contribution in [1.82, 2.24) is 9.80 Å². The number of carbonyl (C=O) groups is 2. The fourth-order valence-corrected chi connectivity index (χ4v) is 3.95. The molecule has 1 saturated heterocycles. The molecule has 2 aromatic rings. The molecular weight excluding hydrogens is 344 g/mol. The number of β-amino-alcohol motifs (C(OH)–C–C–N with tert-alkyl or cyclic N) is 1. The predicted molar refractivity (Wildman–Crippen MR) is 102 cm³/mol.